The molecule has 0 aliphatic rings. The Hall–Kier alpha value is -2.44. The fraction of sp³-hybridized carbons (Fsp3) is 0.167. The van der Waals surface area contributed by atoms with Gasteiger partial charge < -0.3 is 11.1 Å². The van der Waals surface area contributed by atoms with Gasteiger partial charge in [-0.15, -0.1) is 0 Å². The van der Waals surface area contributed by atoms with Crippen LogP contribution in [0, 0.1) is 18.6 Å². The second-order valence-electron chi connectivity index (χ2n) is 5.66. The van der Waals surface area contributed by atoms with Gasteiger partial charge in [0.15, 0.2) is 0 Å². The van der Waals surface area contributed by atoms with Crippen molar-refractivity contribution in [1.29, 1.82) is 0 Å². The topological polar surface area (TPSA) is 55.9 Å². The first-order valence-corrected chi connectivity index (χ1v) is 8.03. The summed E-state index contributed by atoms with van der Waals surface area (Å²) in [5.41, 5.74) is 8.61. The van der Waals surface area contributed by atoms with E-state index < -0.39 is 11.6 Å². The molecule has 0 bridgehead atoms. The van der Waals surface area contributed by atoms with Crippen molar-refractivity contribution in [3.05, 3.63) is 64.3 Å². The average molecular weight is 363 g/mol. The van der Waals surface area contributed by atoms with Gasteiger partial charge in [0.25, 0.3) is 0 Å². The van der Waals surface area contributed by atoms with Gasteiger partial charge in [0.2, 0.25) is 0 Å². The molecule has 3 N–H and O–H groups in total. The number of benzene rings is 2. The Morgan fingerprint density at radius 1 is 1.24 bits per heavy atom. The van der Waals surface area contributed by atoms with E-state index in [9.17, 15) is 8.78 Å². The summed E-state index contributed by atoms with van der Waals surface area (Å²) in [6.45, 7) is 1.99. The van der Waals surface area contributed by atoms with Crippen LogP contribution in [0.5, 0.6) is 0 Å². The molecule has 1 heterocycles. The highest BCUT2D eigenvalue weighted by Gasteiger charge is 2.20. The van der Waals surface area contributed by atoms with E-state index in [2.05, 4.69) is 10.4 Å². The van der Waals surface area contributed by atoms with Crippen molar-refractivity contribution in [3.63, 3.8) is 0 Å². The smallest absolute Gasteiger partial charge is 0.147 e. The standard InChI is InChI=1S/C18H17ClF2N4/c1-10-16(13-7-6-12(20)8-14(13)19)18(25(2)24-10)23-17-11(9-22)4-3-5-15(17)21/h3-8,23H,9,22H2,1-2H3. The molecule has 3 aromatic rings. The maximum Gasteiger partial charge on any atom is 0.147 e. The Kier molecular flexibility index (Phi) is 4.74. The molecule has 3 rings (SSSR count). The molecule has 0 radical (unpaired) electrons. The van der Waals surface area contributed by atoms with Crippen LogP contribution in [0.4, 0.5) is 20.3 Å². The normalized spacial score (nSPS) is 11.0. The van der Waals surface area contributed by atoms with Gasteiger partial charge in [0.05, 0.1) is 16.4 Å². The molecule has 0 aliphatic heterocycles. The molecular weight excluding hydrogens is 346 g/mol. The van der Waals surface area contributed by atoms with Crippen molar-refractivity contribution in [3.8, 4) is 11.1 Å². The lowest BCUT2D eigenvalue weighted by molar-refractivity contribution is 0.628. The van der Waals surface area contributed by atoms with E-state index in [-0.39, 0.29) is 17.3 Å². The van der Waals surface area contributed by atoms with Gasteiger partial charge in [0.1, 0.15) is 17.5 Å². The predicted molar refractivity (Wildman–Crippen MR) is 95.9 cm³/mol. The predicted octanol–water partition coefficient (Wildman–Crippen LogP) is 4.53. The minimum absolute atomic E-state index is 0.184. The third kappa shape index (κ3) is 3.23. The van der Waals surface area contributed by atoms with Crippen molar-refractivity contribution in [2.45, 2.75) is 13.5 Å². The lowest BCUT2D eigenvalue weighted by Crippen LogP contribution is -2.07. The number of nitrogens with zero attached hydrogens (tertiary/aromatic N) is 2. The summed E-state index contributed by atoms with van der Waals surface area (Å²) < 4.78 is 29.3. The molecular formula is C18H17ClF2N4. The first kappa shape index (κ1) is 17.4. The van der Waals surface area contributed by atoms with Gasteiger partial charge >= 0.3 is 0 Å². The number of nitrogens with two attached hydrogens (primary N) is 1. The number of aromatic nitrogens is 2. The van der Waals surface area contributed by atoms with Gasteiger partial charge in [0, 0.05) is 24.7 Å². The number of nitrogens with one attached hydrogen (secondary N) is 1. The minimum Gasteiger partial charge on any atom is -0.337 e. The zero-order valence-corrected chi connectivity index (χ0v) is 14.5. The van der Waals surface area contributed by atoms with Crippen molar-refractivity contribution < 1.29 is 8.78 Å². The molecule has 1 aromatic heterocycles. The SMILES string of the molecule is Cc1nn(C)c(Nc2c(F)cccc2CN)c1-c1ccc(F)cc1Cl. The summed E-state index contributed by atoms with van der Waals surface area (Å²) >= 11 is 6.21. The van der Waals surface area contributed by atoms with E-state index in [1.54, 1.807) is 29.9 Å². The molecule has 0 saturated carbocycles. The molecule has 0 saturated heterocycles. The lowest BCUT2D eigenvalue weighted by Gasteiger charge is -2.14. The Labute approximate surface area is 149 Å². The summed E-state index contributed by atoms with van der Waals surface area (Å²) in [7, 11) is 1.74. The zero-order chi connectivity index (χ0) is 18.1. The Morgan fingerprint density at radius 3 is 2.68 bits per heavy atom. The summed E-state index contributed by atoms with van der Waals surface area (Å²) in [4.78, 5) is 0. The van der Waals surface area contributed by atoms with Crippen LogP contribution in [-0.2, 0) is 13.6 Å². The van der Waals surface area contributed by atoms with Crippen LogP contribution in [0.2, 0.25) is 5.02 Å². The number of hydrogen-bond acceptors (Lipinski definition) is 3. The van der Waals surface area contributed by atoms with E-state index in [1.165, 1.54) is 18.2 Å². The van der Waals surface area contributed by atoms with Crippen LogP contribution in [0.15, 0.2) is 36.4 Å². The van der Waals surface area contributed by atoms with E-state index in [4.69, 9.17) is 17.3 Å². The highest BCUT2D eigenvalue weighted by Crippen LogP contribution is 2.38. The number of hydrogen-bond donors (Lipinski definition) is 2. The molecule has 7 heteroatoms. The summed E-state index contributed by atoms with van der Waals surface area (Å²) in [5, 5.41) is 7.72. The third-order valence-electron chi connectivity index (χ3n) is 3.99. The Balaban J connectivity index is 2.16. The quantitative estimate of drug-likeness (QED) is 0.717. The summed E-state index contributed by atoms with van der Waals surface area (Å²) in [5.74, 6) is -0.298. The second kappa shape index (κ2) is 6.82. The lowest BCUT2D eigenvalue weighted by atomic mass is 10.0. The number of halogens is 3. The van der Waals surface area contributed by atoms with Crippen LogP contribution >= 0.6 is 11.6 Å². The van der Waals surface area contributed by atoms with Crippen molar-refractivity contribution in [2.24, 2.45) is 12.8 Å². The molecule has 0 spiro atoms. The van der Waals surface area contributed by atoms with E-state index in [0.717, 1.165) is 0 Å². The zero-order valence-electron chi connectivity index (χ0n) is 13.8. The summed E-state index contributed by atoms with van der Waals surface area (Å²) in [6, 6.07) is 8.86. The molecule has 0 amide bonds. The van der Waals surface area contributed by atoms with Gasteiger partial charge in [-0.1, -0.05) is 23.7 Å². The maximum atomic E-state index is 14.3. The van der Waals surface area contributed by atoms with Crippen LogP contribution in [0.3, 0.4) is 0 Å². The molecule has 130 valence electrons. The number of rotatable bonds is 4. The average Bonchev–Trinajstić information content (AvgIpc) is 2.83. The first-order valence-electron chi connectivity index (χ1n) is 7.66. The van der Waals surface area contributed by atoms with Gasteiger partial charge in [-0.3, -0.25) is 4.68 Å². The monoisotopic (exact) mass is 362 g/mol. The number of aryl methyl sites for hydroxylation is 2. The van der Waals surface area contributed by atoms with Gasteiger partial charge in [-0.05, 0) is 36.8 Å². The fourth-order valence-electron chi connectivity index (χ4n) is 2.81. The van der Waals surface area contributed by atoms with Gasteiger partial charge in [-0.25, -0.2) is 8.78 Å². The highest BCUT2D eigenvalue weighted by molar-refractivity contribution is 6.33. The summed E-state index contributed by atoms with van der Waals surface area (Å²) in [6.07, 6.45) is 0. The van der Waals surface area contributed by atoms with Crippen LogP contribution in [0.25, 0.3) is 11.1 Å². The Bertz CT molecular complexity index is 937. The minimum atomic E-state index is -0.427. The van der Waals surface area contributed by atoms with E-state index >= 15 is 0 Å². The molecule has 2 aromatic carbocycles. The number of para-hydroxylation sites is 1. The van der Waals surface area contributed by atoms with Crippen LogP contribution in [0.1, 0.15) is 11.3 Å². The first-order chi connectivity index (χ1) is 11.9. The molecule has 4 nitrogen and oxygen atoms in total. The Morgan fingerprint density at radius 2 is 2.00 bits per heavy atom. The molecule has 0 aliphatic carbocycles. The highest BCUT2D eigenvalue weighted by atomic mass is 35.5. The van der Waals surface area contributed by atoms with Crippen molar-refractivity contribution in [1.82, 2.24) is 9.78 Å². The van der Waals surface area contributed by atoms with Gasteiger partial charge in [-0.2, -0.15) is 5.10 Å². The molecule has 0 fully saturated rings. The molecule has 0 unspecified atom stereocenters. The number of anilines is 2. The van der Waals surface area contributed by atoms with Crippen molar-refractivity contribution >= 4 is 23.1 Å². The fourth-order valence-corrected chi connectivity index (χ4v) is 3.08. The second-order valence-corrected chi connectivity index (χ2v) is 6.07. The molecule has 25 heavy (non-hydrogen) atoms. The van der Waals surface area contributed by atoms with Crippen LogP contribution in [-0.4, -0.2) is 9.78 Å². The maximum absolute atomic E-state index is 14.3. The van der Waals surface area contributed by atoms with Crippen LogP contribution < -0.4 is 11.1 Å². The third-order valence-corrected chi connectivity index (χ3v) is 4.30. The molecule has 0 atom stereocenters. The van der Waals surface area contributed by atoms with E-state index in [1.807, 2.05) is 6.92 Å². The largest absolute Gasteiger partial charge is 0.337 e. The van der Waals surface area contributed by atoms with E-state index in [0.29, 0.717) is 28.2 Å². The van der Waals surface area contributed by atoms with Crippen molar-refractivity contribution in [2.75, 3.05) is 5.32 Å².